The molecule has 0 N–H and O–H groups in total. The normalized spacial score (nSPS) is 17.4. The van der Waals surface area contributed by atoms with Crippen molar-refractivity contribution in [2.45, 2.75) is 3.23 Å². The summed E-state index contributed by atoms with van der Waals surface area (Å²) < 4.78 is -1.47. The Morgan fingerprint density at radius 1 is 1.12 bits per heavy atom. The van der Waals surface area contributed by atoms with Crippen LogP contribution in [-0.2, 0) is 0 Å². The molecule has 82 valence electrons. The fourth-order valence-electron chi connectivity index (χ4n) is 1.47. The van der Waals surface area contributed by atoms with Gasteiger partial charge in [0.25, 0.3) is 5.69 Å². The maximum Gasteiger partial charge on any atom is 0.270 e. The molecule has 5 nitrogen and oxygen atoms in total. The predicted molar refractivity (Wildman–Crippen MR) is 62.3 cm³/mol. The number of hydrogen-bond donors (Lipinski definition) is 0. The molecule has 0 heterocycles. The minimum atomic E-state index is -1.47. The molecular formula is C9H3Br2NO4. The van der Waals surface area contributed by atoms with Gasteiger partial charge in [-0.05, 0) is 6.07 Å². The summed E-state index contributed by atoms with van der Waals surface area (Å²) in [4.78, 5) is 33.4. The van der Waals surface area contributed by atoms with Crippen LogP contribution in [0.5, 0.6) is 0 Å². The first kappa shape index (κ1) is 11.4. The molecule has 0 spiro atoms. The number of nitro benzene ring substituents is 1. The van der Waals surface area contributed by atoms with Gasteiger partial charge in [0.15, 0.2) is 11.6 Å². The van der Waals surface area contributed by atoms with E-state index >= 15 is 0 Å². The second kappa shape index (κ2) is 3.46. The third-order valence-corrected chi connectivity index (χ3v) is 3.71. The molecule has 0 unspecified atom stereocenters. The minimum absolute atomic E-state index is 0.0629. The average molecular weight is 349 g/mol. The molecule has 0 aromatic heterocycles. The summed E-state index contributed by atoms with van der Waals surface area (Å²) in [6.45, 7) is 0. The lowest BCUT2D eigenvalue weighted by Gasteiger charge is -2.06. The van der Waals surface area contributed by atoms with Gasteiger partial charge in [-0.25, -0.2) is 0 Å². The first-order valence-electron chi connectivity index (χ1n) is 4.11. The molecule has 1 aromatic rings. The van der Waals surface area contributed by atoms with Gasteiger partial charge in [-0.1, -0.05) is 31.9 Å². The molecule has 1 aromatic carbocycles. The van der Waals surface area contributed by atoms with Crippen LogP contribution in [0.4, 0.5) is 5.69 Å². The second-order valence-corrected chi connectivity index (χ2v) is 6.66. The summed E-state index contributed by atoms with van der Waals surface area (Å²) in [6, 6.07) is 3.60. The van der Waals surface area contributed by atoms with E-state index < -0.39 is 19.7 Å². The number of fused-ring (bicyclic) bond motifs is 1. The lowest BCUT2D eigenvalue weighted by molar-refractivity contribution is -0.384. The Morgan fingerprint density at radius 3 is 2.25 bits per heavy atom. The van der Waals surface area contributed by atoms with Crippen molar-refractivity contribution >= 4 is 49.1 Å². The van der Waals surface area contributed by atoms with E-state index in [-0.39, 0.29) is 16.8 Å². The Hall–Kier alpha value is -1.08. The van der Waals surface area contributed by atoms with Crippen molar-refractivity contribution in [3.63, 3.8) is 0 Å². The Labute approximate surface area is 106 Å². The lowest BCUT2D eigenvalue weighted by atomic mass is 10.1. The number of nitrogens with zero attached hydrogens (tertiary/aromatic N) is 1. The Balaban J connectivity index is 2.65. The maximum atomic E-state index is 11.8. The maximum absolute atomic E-state index is 11.8. The van der Waals surface area contributed by atoms with E-state index in [9.17, 15) is 19.7 Å². The Kier molecular flexibility index (Phi) is 2.47. The summed E-state index contributed by atoms with van der Waals surface area (Å²) in [5.41, 5.74) is 0.0369. The van der Waals surface area contributed by atoms with Crippen LogP contribution in [0.1, 0.15) is 20.7 Å². The van der Waals surface area contributed by atoms with Gasteiger partial charge in [-0.2, -0.15) is 0 Å². The van der Waals surface area contributed by atoms with Crippen molar-refractivity contribution in [2.75, 3.05) is 0 Å². The van der Waals surface area contributed by atoms with Crippen LogP contribution >= 0.6 is 31.9 Å². The number of carbonyl (C=O) groups is 2. The van der Waals surface area contributed by atoms with Crippen LogP contribution in [0.2, 0.25) is 0 Å². The van der Waals surface area contributed by atoms with Crippen molar-refractivity contribution in [3.05, 3.63) is 39.4 Å². The quantitative estimate of drug-likeness (QED) is 0.338. The molecule has 1 aliphatic rings. The third-order valence-electron chi connectivity index (χ3n) is 2.27. The van der Waals surface area contributed by atoms with Crippen LogP contribution in [0, 0.1) is 10.1 Å². The molecule has 1 aliphatic carbocycles. The number of nitro groups is 1. The molecule has 0 saturated carbocycles. The van der Waals surface area contributed by atoms with E-state index in [1.165, 1.54) is 12.1 Å². The number of hydrogen-bond acceptors (Lipinski definition) is 4. The fourth-order valence-corrected chi connectivity index (χ4v) is 2.33. The van der Waals surface area contributed by atoms with Crippen LogP contribution in [0.3, 0.4) is 0 Å². The number of benzene rings is 1. The lowest BCUT2D eigenvalue weighted by Crippen LogP contribution is -2.25. The zero-order valence-electron chi connectivity index (χ0n) is 7.57. The summed E-state index contributed by atoms with van der Waals surface area (Å²) in [6.07, 6.45) is 0. The predicted octanol–water partition coefficient (Wildman–Crippen LogP) is 2.46. The molecule has 2 rings (SSSR count). The van der Waals surface area contributed by atoms with E-state index in [4.69, 9.17) is 0 Å². The van der Waals surface area contributed by atoms with Gasteiger partial charge in [0, 0.05) is 23.3 Å². The van der Waals surface area contributed by atoms with Crippen LogP contribution in [-0.4, -0.2) is 19.7 Å². The number of rotatable bonds is 1. The van der Waals surface area contributed by atoms with Crippen LogP contribution in [0.25, 0.3) is 0 Å². The van der Waals surface area contributed by atoms with Gasteiger partial charge >= 0.3 is 0 Å². The van der Waals surface area contributed by atoms with Gasteiger partial charge in [0.05, 0.1) is 4.92 Å². The topological polar surface area (TPSA) is 77.3 Å². The molecule has 0 amide bonds. The zero-order chi connectivity index (χ0) is 12.1. The first-order valence-corrected chi connectivity index (χ1v) is 5.70. The van der Waals surface area contributed by atoms with Gasteiger partial charge in [0.1, 0.15) is 0 Å². The smallest absolute Gasteiger partial charge is 0.270 e. The fraction of sp³-hybridized carbons (Fsp3) is 0.111. The van der Waals surface area contributed by atoms with E-state index in [0.29, 0.717) is 0 Å². The number of non-ortho nitro benzene ring substituents is 1. The van der Waals surface area contributed by atoms with Crippen molar-refractivity contribution in [3.8, 4) is 0 Å². The van der Waals surface area contributed by atoms with E-state index in [1.54, 1.807) is 0 Å². The molecule has 0 radical (unpaired) electrons. The highest BCUT2D eigenvalue weighted by molar-refractivity contribution is 9.26. The van der Waals surface area contributed by atoms with Crippen molar-refractivity contribution in [2.24, 2.45) is 0 Å². The van der Waals surface area contributed by atoms with E-state index in [2.05, 4.69) is 31.9 Å². The highest BCUT2D eigenvalue weighted by Crippen LogP contribution is 2.42. The SMILES string of the molecule is O=C1c2ccc([N+](=O)[O-])cc2C(=O)C1(Br)Br. The zero-order valence-corrected chi connectivity index (χ0v) is 10.7. The summed E-state index contributed by atoms with van der Waals surface area (Å²) in [5, 5.41) is 10.5. The van der Waals surface area contributed by atoms with Gasteiger partial charge < -0.3 is 0 Å². The minimum Gasteiger partial charge on any atom is -0.291 e. The average Bonchev–Trinajstić information content (AvgIpc) is 2.40. The van der Waals surface area contributed by atoms with Crippen LogP contribution < -0.4 is 0 Å². The highest BCUT2D eigenvalue weighted by atomic mass is 79.9. The number of carbonyl (C=O) groups excluding carboxylic acids is 2. The molecule has 0 atom stereocenters. The summed E-state index contributed by atoms with van der Waals surface area (Å²) in [5.74, 6) is -0.960. The molecule has 0 aliphatic heterocycles. The van der Waals surface area contributed by atoms with E-state index in [1.807, 2.05) is 0 Å². The third kappa shape index (κ3) is 1.42. The monoisotopic (exact) mass is 347 g/mol. The summed E-state index contributed by atoms with van der Waals surface area (Å²) >= 11 is 5.93. The molecular weight excluding hydrogens is 346 g/mol. The van der Waals surface area contributed by atoms with Gasteiger partial charge in [0.2, 0.25) is 3.23 Å². The van der Waals surface area contributed by atoms with Gasteiger partial charge in [-0.15, -0.1) is 0 Å². The van der Waals surface area contributed by atoms with Crippen molar-refractivity contribution in [1.82, 2.24) is 0 Å². The van der Waals surface area contributed by atoms with Gasteiger partial charge in [-0.3, -0.25) is 19.7 Å². The highest BCUT2D eigenvalue weighted by Gasteiger charge is 2.49. The van der Waals surface area contributed by atoms with Crippen molar-refractivity contribution < 1.29 is 14.5 Å². The first-order chi connectivity index (χ1) is 7.35. The molecule has 0 fully saturated rings. The number of alkyl halides is 2. The molecule has 7 heteroatoms. The molecule has 16 heavy (non-hydrogen) atoms. The van der Waals surface area contributed by atoms with Crippen LogP contribution in [0.15, 0.2) is 18.2 Å². The molecule has 0 saturated heterocycles. The largest absolute Gasteiger partial charge is 0.291 e. The number of ketones is 2. The second-order valence-electron chi connectivity index (χ2n) is 3.22. The van der Waals surface area contributed by atoms with Crippen molar-refractivity contribution in [1.29, 1.82) is 0 Å². The molecule has 0 bridgehead atoms. The summed E-state index contributed by atoms with van der Waals surface area (Å²) in [7, 11) is 0. The standard InChI is InChI=1S/C9H3Br2NO4/c10-9(11)7(13)5-2-1-4(12(15)16)3-6(5)8(9)14/h1-3H. The Bertz CT molecular complexity index is 538. The Morgan fingerprint density at radius 2 is 1.69 bits per heavy atom. The number of Topliss-reactive ketones (excluding diaryl/α,β-unsaturated/α-hetero) is 2. The number of halogens is 2. The van der Waals surface area contributed by atoms with E-state index in [0.717, 1.165) is 6.07 Å².